The van der Waals surface area contributed by atoms with Crippen molar-refractivity contribution in [2.75, 3.05) is 19.6 Å². The summed E-state index contributed by atoms with van der Waals surface area (Å²) in [4.78, 5) is 50.6. The summed E-state index contributed by atoms with van der Waals surface area (Å²) < 4.78 is 10.6. The molecule has 3 amide bonds. The Bertz CT molecular complexity index is 930. The zero-order valence-corrected chi connectivity index (χ0v) is 19.4. The van der Waals surface area contributed by atoms with E-state index < -0.39 is 40.8 Å². The number of non-ortho nitro benzene ring substituents is 1. The van der Waals surface area contributed by atoms with Gasteiger partial charge in [0.25, 0.3) is 5.69 Å². The summed E-state index contributed by atoms with van der Waals surface area (Å²) in [7, 11) is 0. The largest absolute Gasteiger partial charge is 0.445 e. The molecule has 0 saturated carbocycles. The highest BCUT2D eigenvalue weighted by atomic mass is 16.6. The van der Waals surface area contributed by atoms with E-state index in [1.165, 1.54) is 34.1 Å². The van der Waals surface area contributed by atoms with Crippen LogP contribution in [-0.2, 0) is 20.9 Å². The van der Waals surface area contributed by atoms with Gasteiger partial charge in [0, 0.05) is 37.7 Å². The van der Waals surface area contributed by atoms with Gasteiger partial charge in [0.2, 0.25) is 5.91 Å². The number of amides is 3. The number of nitro benzene ring substituents is 1. The monoisotopic (exact) mass is 478 g/mol. The molecule has 1 aromatic rings. The standard InChI is InChI=1S/C22H30N4O8/c1-22(2,3)34-20(29)24-9-8-15(11-24)23-19(28)18-10-17(27)12-25(18)21(30)33-13-14-4-6-16(7-5-14)26(31)32/h4-7,15,17-18,27H,8-13H2,1-3H3,(H,23,28)/t15-,17?,18-/m0/s1. The molecular weight excluding hydrogens is 448 g/mol. The van der Waals surface area contributed by atoms with Crippen LogP contribution in [0, 0.1) is 10.1 Å². The quantitative estimate of drug-likeness (QED) is 0.480. The summed E-state index contributed by atoms with van der Waals surface area (Å²) >= 11 is 0. The second-order valence-corrected chi connectivity index (χ2v) is 9.46. The number of hydrogen-bond donors (Lipinski definition) is 2. The lowest BCUT2D eigenvalue weighted by Gasteiger charge is -2.25. The molecule has 12 heteroatoms. The van der Waals surface area contributed by atoms with Gasteiger partial charge in [0.15, 0.2) is 0 Å². The summed E-state index contributed by atoms with van der Waals surface area (Å²) in [5, 5.41) is 23.6. The fourth-order valence-electron chi connectivity index (χ4n) is 3.87. The minimum absolute atomic E-state index is 0.0497. The molecule has 0 spiro atoms. The van der Waals surface area contributed by atoms with Crippen LogP contribution in [0.1, 0.15) is 39.2 Å². The van der Waals surface area contributed by atoms with Crippen molar-refractivity contribution in [3.63, 3.8) is 0 Å². The number of nitro groups is 1. The van der Waals surface area contributed by atoms with E-state index in [1.807, 2.05) is 0 Å². The first kappa shape index (κ1) is 25.2. The van der Waals surface area contributed by atoms with Crippen molar-refractivity contribution >= 4 is 23.8 Å². The van der Waals surface area contributed by atoms with Crippen LogP contribution in [0.2, 0.25) is 0 Å². The molecule has 2 aliphatic rings. The normalized spacial score (nSPS) is 22.4. The maximum Gasteiger partial charge on any atom is 0.410 e. The van der Waals surface area contributed by atoms with E-state index in [9.17, 15) is 29.6 Å². The van der Waals surface area contributed by atoms with Gasteiger partial charge in [-0.05, 0) is 44.9 Å². The molecule has 2 heterocycles. The number of benzene rings is 1. The van der Waals surface area contributed by atoms with E-state index in [0.29, 0.717) is 25.1 Å². The lowest BCUT2D eigenvalue weighted by atomic mass is 10.1. The molecule has 34 heavy (non-hydrogen) atoms. The summed E-state index contributed by atoms with van der Waals surface area (Å²) in [6.45, 7) is 5.88. The van der Waals surface area contributed by atoms with Gasteiger partial charge in [-0.15, -0.1) is 0 Å². The van der Waals surface area contributed by atoms with Crippen LogP contribution in [0.3, 0.4) is 0 Å². The van der Waals surface area contributed by atoms with Crippen molar-refractivity contribution in [3.8, 4) is 0 Å². The van der Waals surface area contributed by atoms with Gasteiger partial charge in [-0.25, -0.2) is 9.59 Å². The van der Waals surface area contributed by atoms with Crippen LogP contribution >= 0.6 is 0 Å². The van der Waals surface area contributed by atoms with Crippen molar-refractivity contribution < 1.29 is 33.9 Å². The molecule has 2 N–H and O–H groups in total. The Hall–Kier alpha value is -3.41. The van der Waals surface area contributed by atoms with Gasteiger partial charge in [-0.3, -0.25) is 19.8 Å². The molecular formula is C22H30N4O8. The summed E-state index contributed by atoms with van der Waals surface area (Å²) in [6.07, 6.45) is -1.47. The number of rotatable bonds is 5. The zero-order valence-electron chi connectivity index (χ0n) is 19.4. The van der Waals surface area contributed by atoms with Gasteiger partial charge in [0.1, 0.15) is 18.2 Å². The number of carbonyl (C=O) groups is 3. The Labute approximate surface area is 196 Å². The van der Waals surface area contributed by atoms with E-state index in [2.05, 4.69) is 5.32 Å². The molecule has 2 aliphatic heterocycles. The van der Waals surface area contributed by atoms with E-state index >= 15 is 0 Å². The fourth-order valence-corrected chi connectivity index (χ4v) is 3.87. The fraction of sp³-hybridized carbons (Fsp3) is 0.591. The molecule has 0 aromatic heterocycles. The van der Waals surface area contributed by atoms with Crippen LogP contribution in [0.15, 0.2) is 24.3 Å². The minimum atomic E-state index is -0.907. The molecule has 3 rings (SSSR count). The van der Waals surface area contributed by atoms with Gasteiger partial charge < -0.3 is 24.8 Å². The number of aliphatic hydroxyl groups excluding tert-OH is 1. The zero-order chi connectivity index (χ0) is 25.0. The first-order valence-electron chi connectivity index (χ1n) is 11.1. The SMILES string of the molecule is CC(C)(C)OC(=O)N1CC[C@H](NC(=O)[C@@H]2CC(O)CN2C(=O)OCc2ccc([N+](=O)[O-])cc2)C1. The van der Waals surface area contributed by atoms with E-state index in [1.54, 1.807) is 20.8 Å². The van der Waals surface area contributed by atoms with Crippen molar-refractivity contribution in [2.24, 2.45) is 0 Å². The van der Waals surface area contributed by atoms with Crippen LogP contribution in [-0.4, -0.2) is 81.3 Å². The van der Waals surface area contributed by atoms with Crippen molar-refractivity contribution in [3.05, 3.63) is 39.9 Å². The van der Waals surface area contributed by atoms with Gasteiger partial charge in [-0.1, -0.05) is 0 Å². The smallest absolute Gasteiger partial charge is 0.410 e. The predicted octanol–water partition coefficient (Wildman–Crippen LogP) is 1.79. The van der Waals surface area contributed by atoms with Gasteiger partial charge >= 0.3 is 12.2 Å². The number of ether oxygens (including phenoxy) is 2. The summed E-state index contributed by atoms with van der Waals surface area (Å²) in [6, 6.07) is 4.36. The molecule has 2 saturated heterocycles. The molecule has 0 radical (unpaired) electrons. The number of likely N-dealkylation sites (tertiary alicyclic amines) is 2. The Balaban J connectivity index is 1.53. The lowest BCUT2D eigenvalue weighted by molar-refractivity contribution is -0.384. The van der Waals surface area contributed by atoms with Crippen LogP contribution < -0.4 is 5.32 Å². The molecule has 1 unspecified atom stereocenters. The Morgan fingerprint density at radius 3 is 2.47 bits per heavy atom. The highest BCUT2D eigenvalue weighted by Crippen LogP contribution is 2.22. The Morgan fingerprint density at radius 2 is 1.85 bits per heavy atom. The van der Waals surface area contributed by atoms with E-state index in [4.69, 9.17) is 9.47 Å². The Kier molecular flexibility index (Phi) is 7.60. The first-order valence-corrected chi connectivity index (χ1v) is 11.1. The summed E-state index contributed by atoms with van der Waals surface area (Å²) in [5.41, 5.74) is -0.146. The average Bonchev–Trinajstić information content (AvgIpc) is 3.38. The number of β-amino-alcohol motifs (C(OH)–C–C–N with tert-alkyl or cyclic N) is 1. The topological polar surface area (TPSA) is 152 Å². The number of nitrogens with zero attached hydrogens (tertiary/aromatic N) is 3. The second kappa shape index (κ2) is 10.2. The van der Waals surface area contributed by atoms with Gasteiger partial charge in [0.05, 0.1) is 17.6 Å². The highest BCUT2D eigenvalue weighted by molar-refractivity contribution is 5.86. The first-order chi connectivity index (χ1) is 15.9. The third kappa shape index (κ3) is 6.56. The number of nitrogens with one attached hydrogen (secondary N) is 1. The van der Waals surface area contributed by atoms with Crippen LogP contribution in [0.5, 0.6) is 0 Å². The van der Waals surface area contributed by atoms with Crippen LogP contribution in [0.25, 0.3) is 0 Å². The van der Waals surface area contributed by atoms with Crippen molar-refractivity contribution in [1.29, 1.82) is 0 Å². The average molecular weight is 479 g/mol. The maximum atomic E-state index is 12.9. The molecule has 0 aliphatic carbocycles. The Morgan fingerprint density at radius 1 is 1.18 bits per heavy atom. The van der Waals surface area contributed by atoms with Crippen LogP contribution in [0.4, 0.5) is 15.3 Å². The second-order valence-electron chi connectivity index (χ2n) is 9.46. The molecule has 2 fully saturated rings. The molecule has 3 atom stereocenters. The number of aliphatic hydroxyl groups is 1. The number of hydrogen-bond acceptors (Lipinski definition) is 8. The molecule has 0 bridgehead atoms. The van der Waals surface area contributed by atoms with E-state index in [0.717, 1.165) is 0 Å². The predicted molar refractivity (Wildman–Crippen MR) is 119 cm³/mol. The number of carbonyl (C=O) groups excluding carboxylic acids is 3. The van der Waals surface area contributed by atoms with Crippen molar-refractivity contribution in [2.45, 2.75) is 64.0 Å². The minimum Gasteiger partial charge on any atom is -0.445 e. The van der Waals surface area contributed by atoms with Gasteiger partial charge in [-0.2, -0.15) is 0 Å². The van der Waals surface area contributed by atoms with Crippen molar-refractivity contribution in [1.82, 2.24) is 15.1 Å². The van der Waals surface area contributed by atoms with E-state index in [-0.39, 0.29) is 31.3 Å². The third-order valence-corrected chi connectivity index (χ3v) is 5.51. The molecule has 12 nitrogen and oxygen atoms in total. The summed E-state index contributed by atoms with van der Waals surface area (Å²) in [5.74, 6) is -0.431. The maximum absolute atomic E-state index is 12.9. The lowest BCUT2D eigenvalue weighted by Crippen LogP contribution is -2.49. The highest BCUT2D eigenvalue weighted by Gasteiger charge is 2.41. The molecule has 186 valence electrons. The molecule has 1 aromatic carbocycles. The third-order valence-electron chi connectivity index (χ3n) is 5.51.